The monoisotopic (exact) mass is 168 g/mol. The molecular weight excluding hydrogens is 156 g/mol. The molecule has 0 amide bonds. The van der Waals surface area contributed by atoms with Gasteiger partial charge in [-0.2, -0.15) is 0 Å². The molecule has 0 spiro atoms. The van der Waals surface area contributed by atoms with E-state index >= 15 is 0 Å². The van der Waals surface area contributed by atoms with Crippen molar-refractivity contribution < 1.29 is 13.9 Å². The van der Waals surface area contributed by atoms with Gasteiger partial charge in [0.1, 0.15) is 11.7 Å². The van der Waals surface area contributed by atoms with Gasteiger partial charge in [0.2, 0.25) is 0 Å². The van der Waals surface area contributed by atoms with E-state index in [1.807, 2.05) is 13.0 Å². The van der Waals surface area contributed by atoms with Crippen LogP contribution in [0.15, 0.2) is 16.7 Å². The average molecular weight is 168 g/mol. The molecule has 0 saturated carbocycles. The molecule has 0 aliphatic heterocycles. The maximum atomic E-state index is 11.0. The lowest BCUT2D eigenvalue weighted by Gasteiger charge is -2.04. The Kier molecular flexibility index (Phi) is 2.53. The van der Waals surface area contributed by atoms with Crippen molar-refractivity contribution in [2.24, 2.45) is 0 Å². The molecular formula is C9H12O3. The second-order valence-corrected chi connectivity index (χ2v) is 2.77. The summed E-state index contributed by atoms with van der Waals surface area (Å²) in [6, 6.07) is 1.83. The van der Waals surface area contributed by atoms with Gasteiger partial charge in [-0.1, -0.05) is 0 Å². The van der Waals surface area contributed by atoms with Crippen LogP contribution in [0.25, 0.3) is 0 Å². The first-order valence-corrected chi connectivity index (χ1v) is 3.78. The highest BCUT2D eigenvalue weighted by Crippen LogP contribution is 2.18. The average Bonchev–Trinajstić information content (AvgIpc) is 2.49. The minimum atomic E-state index is -0.316. The van der Waals surface area contributed by atoms with Crippen LogP contribution in [0, 0.1) is 6.92 Å². The van der Waals surface area contributed by atoms with Crippen LogP contribution in [-0.2, 0) is 9.53 Å². The lowest BCUT2D eigenvalue weighted by atomic mass is 10.1. The van der Waals surface area contributed by atoms with Crippen molar-refractivity contribution in [2.75, 3.05) is 7.11 Å². The molecule has 1 rings (SSSR count). The van der Waals surface area contributed by atoms with Crippen molar-refractivity contribution in [3.8, 4) is 0 Å². The van der Waals surface area contributed by atoms with Crippen LogP contribution in [0.4, 0.5) is 0 Å². The van der Waals surface area contributed by atoms with Crippen molar-refractivity contribution in [1.29, 1.82) is 0 Å². The minimum Gasteiger partial charge on any atom is -0.468 e. The number of esters is 1. The fourth-order valence-corrected chi connectivity index (χ4v) is 0.973. The van der Waals surface area contributed by atoms with Gasteiger partial charge in [-0.15, -0.1) is 0 Å². The summed E-state index contributed by atoms with van der Waals surface area (Å²) < 4.78 is 9.72. The molecule has 12 heavy (non-hydrogen) atoms. The number of rotatable bonds is 2. The Morgan fingerprint density at radius 3 is 2.75 bits per heavy atom. The number of hydrogen-bond acceptors (Lipinski definition) is 3. The normalized spacial score (nSPS) is 12.6. The number of carbonyl (C=O) groups is 1. The fraction of sp³-hybridized carbons (Fsp3) is 0.444. The Balaban J connectivity index is 2.77. The quantitative estimate of drug-likeness (QED) is 0.633. The predicted molar refractivity (Wildman–Crippen MR) is 43.9 cm³/mol. The Labute approximate surface area is 71.3 Å². The van der Waals surface area contributed by atoms with Crippen LogP contribution in [0.2, 0.25) is 0 Å². The number of hydrogen-bond donors (Lipinski definition) is 0. The zero-order valence-corrected chi connectivity index (χ0v) is 7.46. The molecule has 1 heterocycles. The van der Waals surface area contributed by atoms with Crippen LogP contribution in [0.5, 0.6) is 0 Å². The van der Waals surface area contributed by atoms with E-state index in [1.54, 1.807) is 13.2 Å². The first kappa shape index (κ1) is 8.84. The van der Waals surface area contributed by atoms with Gasteiger partial charge >= 0.3 is 5.97 Å². The van der Waals surface area contributed by atoms with Crippen LogP contribution < -0.4 is 0 Å². The number of furan rings is 1. The molecule has 1 aromatic heterocycles. The molecule has 1 atom stereocenters. The molecule has 0 bridgehead atoms. The second kappa shape index (κ2) is 3.43. The molecule has 0 aliphatic carbocycles. The molecule has 3 heteroatoms. The molecule has 1 aromatic rings. The summed E-state index contributed by atoms with van der Waals surface area (Å²) in [7, 11) is 1.37. The Morgan fingerprint density at radius 1 is 1.67 bits per heavy atom. The maximum Gasteiger partial charge on any atom is 0.316 e. The highest BCUT2D eigenvalue weighted by molar-refractivity contribution is 5.76. The van der Waals surface area contributed by atoms with E-state index in [4.69, 9.17) is 4.42 Å². The summed E-state index contributed by atoms with van der Waals surface area (Å²) >= 11 is 0. The lowest BCUT2D eigenvalue weighted by molar-refractivity contribution is -0.142. The van der Waals surface area contributed by atoms with E-state index in [9.17, 15) is 4.79 Å². The molecule has 0 N–H and O–H groups in total. The smallest absolute Gasteiger partial charge is 0.316 e. The zero-order chi connectivity index (χ0) is 9.14. The van der Waals surface area contributed by atoms with Gasteiger partial charge < -0.3 is 9.15 Å². The molecule has 1 unspecified atom stereocenters. The third-order valence-corrected chi connectivity index (χ3v) is 1.73. The summed E-state index contributed by atoms with van der Waals surface area (Å²) in [5.74, 6) is 0.0624. The first-order chi connectivity index (χ1) is 5.65. The highest BCUT2D eigenvalue weighted by Gasteiger charge is 2.18. The first-order valence-electron chi connectivity index (χ1n) is 3.78. The Bertz CT molecular complexity index is 275. The Hall–Kier alpha value is -1.25. The van der Waals surface area contributed by atoms with Crippen molar-refractivity contribution in [3.63, 3.8) is 0 Å². The SMILES string of the molecule is COC(=O)C(C)c1cc(C)co1. The molecule has 0 aromatic carbocycles. The summed E-state index contributed by atoms with van der Waals surface area (Å²) in [6.07, 6.45) is 1.62. The highest BCUT2D eigenvalue weighted by atomic mass is 16.5. The summed E-state index contributed by atoms with van der Waals surface area (Å²) in [4.78, 5) is 11.0. The number of ether oxygens (including phenoxy) is 1. The van der Waals surface area contributed by atoms with Gasteiger partial charge in [0, 0.05) is 0 Å². The molecule has 3 nitrogen and oxygen atoms in total. The molecule has 66 valence electrons. The van der Waals surface area contributed by atoms with Crippen molar-refractivity contribution in [1.82, 2.24) is 0 Å². The van der Waals surface area contributed by atoms with Crippen molar-refractivity contribution in [3.05, 3.63) is 23.7 Å². The topological polar surface area (TPSA) is 39.4 Å². The van der Waals surface area contributed by atoms with Gasteiger partial charge in [0.15, 0.2) is 0 Å². The zero-order valence-electron chi connectivity index (χ0n) is 7.46. The number of methoxy groups -OCH3 is 1. The molecule has 0 radical (unpaired) electrons. The van der Waals surface area contributed by atoms with E-state index in [1.165, 1.54) is 7.11 Å². The van der Waals surface area contributed by atoms with E-state index in [-0.39, 0.29) is 11.9 Å². The van der Waals surface area contributed by atoms with Crippen LogP contribution in [0.1, 0.15) is 24.2 Å². The molecule has 0 saturated heterocycles. The maximum absolute atomic E-state index is 11.0. The van der Waals surface area contributed by atoms with E-state index in [2.05, 4.69) is 4.74 Å². The van der Waals surface area contributed by atoms with E-state index < -0.39 is 0 Å². The van der Waals surface area contributed by atoms with Crippen molar-refractivity contribution >= 4 is 5.97 Å². The van der Waals surface area contributed by atoms with Crippen LogP contribution >= 0.6 is 0 Å². The fourth-order valence-electron chi connectivity index (χ4n) is 0.973. The summed E-state index contributed by atoms with van der Waals surface area (Å²) in [6.45, 7) is 3.67. The standard InChI is InChI=1S/C9H12O3/c1-6-4-8(12-5-6)7(2)9(10)11-3/h4-5,7H,1-3H3. The van der Waals surface area contributed by atoms with Crippen molar-refractivity contribution in [2.45, 2.75) is 19.8 Å². The third-order valence-electron chi connectivity index (χ3n) is 1.73. The van der Waals surface area contributed by atoms with E-state index in [0.29, 0.717) is 5.76 Å². The second-order valence-electron chi connectivity index (χ2n) is 2.77. The Morgan fingerprint density at radius 2 is 2.33 bits per heavy atom. The largest absolute Gasteiger partial charge is 0.468 e. The third kappa shape index (κ3) is 1.67. The van der Waals surface area contributed by atoms with Gasteiger partial charge in [-0.05, 0) is 25.5 Å². The number of aryl methyl sites for hydroxylation is 1. The van der Waals surface area contributed by atoms with E-state index in [0.717, 1.165) is 5.56 Å². The molecule has 0 aliphatic rings. The molecule has 0 fully saturated rings. The summed E-state index contributed by atoms with van der Waals surface area (Å²) in [5.41, 5.74) is 1.01. The lowest BCUT2D eigenvalue weighted by Crippen LogP contribution is -2.09. The van der Waals surface area contributed by atoms with Gasteiger partial charge in [0.25, 0.3) is 0 Å². The summed E-state index contributed by atoms with van der Waals surface area (Å²) in [5, 5.41) is 0. The van der Waals surface area contributed by atoms with Crippen LogP contribution in [0.3, 0.4) is 0 Å². The predicted octanol–water partition coefficient (Wildman–Crippen LogP) is 1.86. The number of carbonyl (C=O) groups excluding carboxylic acids is 1. The van der Waals surface area contributed by atoms with Gasteiger partial charge in [-0.3, -0.25) is 4.79 Å². The van der Waals surface area contributed by atoms with Gasteiger partial charge in [-0.25, -0.2) is 0 Å². The van der Waals surface area contributed by atoms with Gasteiger partial charge in [0.05, 0.1) is 13.4 Å². The van der Waals surface area contributed by atoms with Crippen LogP contribution in [-0.4, -0.2) is 13.1 Å². The minimum absolute atomic E-state index is 0.274.